The molecule has 232 valence electrons. The number of nitrogens with zero attached hydrogens (tertiary/aromatic N) is 7. The van der Waals surface area contributed by atoms with Gasteiger partial charge in [0.1, 0.15) is 24.3 Å². The molecule has 1 saturated carbocycles. The van der Waals surface area contributed by atoms with E-state index in [9.17, 15) is 22.4 Å². The zero-order valence-electron chi connectivity index (χ0n) is 24.9. The first-order valence-corrected chi connectivity index (χ1v) is 15.1. The maximum atomic E-state index is 14.5. The van der Waals surface area contributed by atoms with E-state index < -0.39 is 23.1 Å². The molecular formula is C33H31F4N7O. The summed E-state index contributed by atoms with van der Waals surface area (Å²) >= 11 is 0. The third kappa shape index (κ3) is 5.74. The molecule has 1 atom stereocenters. The largest absolute Gasteiger partial charge is 0.418 e. The predicted octanol–water partition coefficient (Wildman–Crippen LogP) is 6.51. The van der Waals surface area contributed by atoms with Gasteiger partial charge in [0, 0.05) is 37.3 Å². The molecule has 0 unspecified atom stereocenters. The summed E-state index contributed by atoms with van der Waals surface area (Å²) in [6.45, 7) is 4.03. The van der Waals surface area contributed by atoms with Crippen molar-refractivity contribution < 1.29 is 17.6 Å². The molecule has 0 N–H and O–H groups in total. The predicted molar refractivity (Wildman–Crippen MR) is 161 cm³/mol. The molecule has 7 rings (SSSR count). The van der Waals surface area contributed by atoms with Crippen LogP contribution in [-0.4, -0.2) is 47.3 Å². The number of rotatable bonds is 6. The molecule has 2 aliphatic rings. The smallest absolute Gasteiger partial charge is 0.317 e. The highest BCUT2D eigenvalue weighted by Crippen LogP contribution is 2.42. The van der Waals surface area contributed by atoms with E-state index in [4.69, 9.17) is 4.98 Å². The van der Waals surface area contributed by atoms with Gasteiger partial charge < -0.3 is 4.57 Å². The summed E-state index contributed by atoms with van der Waals surface area (Å²) in [6.07, 6.45) is 1.86. The van der Waals surface area contributed by atoms with Crippen LogP contribution in [0, 0.1) is 11.7 Å². The Hall–Kier alpha value is -4.45. The molecule has 2 aromatic carbocycles. The van der Waals surface area contributed by atoms with Crippen LogP contribution in [0.3, 0.4) is 0 Å². The number of piperidine rings is 1. The maximum absolute atomic E-state index is 14.5. The number of halogens is 4. The number of benzene rings is 2. The van der Waals surface area contributed by atoms with Crippen molar-refractivity contribution in [1.82, 2.24) is 34.2 Å². The highest BCUT2D eigenvalue weighted by molar-refractivity contribution is 5.83. The van der Waals surface area contributed by atoms with Crippen molar-refractivity contribution in [2.24, 2.45) is 13.0 Å². The van der Waals surface area contributed by atoms with Crippen LogP contribution < -0.4 is 5.56 Å². The van der Waals surface area contributed by atoms with Crippen LogP contribution in [0.15, 0.2) is 59.9 Å². The van der Waals surface area contributed by atoms with Gasteiger partial charge in [-0.15, -0.1) is 10.2 Å². The first-order valence-electron chi connectivity index (χ1n) is 15.1. The number of likely N-dealkylation sites (tertiary alicyclic amines) is 1. The van der Waals surface area contributed by atoms with E-state index in [1.54, 1.807) is 23.7 Å². The monoisotopic (exact) mass is 617 g/mol. The Morgan fingerprint density at radius 1 is 1.00 bits per heavy atom. The Bertz CT molecular complexity index is 1980. The average Bonchev–Trinajstić information content (AvgIpc) is 3.77. The second-order valence-corrected chi connectivity index (χ2v) is 12.3. The molecule has 8 nitrogen and oxygen atoms in total. The van der Waals surface area contributed by atoms with Gasteiger partial charge in [0.05, 0.1) is 16.5 Å². The SMILES string of the molecule is C[C@H]1CCCN(Cc2cc(C(F)(F)F)c3ncn(-c4cc(-c5ccc(F)cc5-c5nncn5C)cc(C5CC5)n4)c(=O)c3c2)C1. The summed E-state index contributed by atoms with van der Waals surface area (Å²) in [5.74, 6) is 0.872. The van der Waals surface area contributed by atoms with E-state index in [1.807, 2.05) is 6.07 Å². The molecule has 1 aliphatic heterocycles. The zero-order chi connectivity index (χ0) is 31.5. The fraction of sp³-hybridized carbons (Fsp3) is 0.364. The lowest BCUT2D eigenvalue weighted by molar-refractivity contribution is -0.136. The summed E-state index contributed by atoms with van der Waals surface area (Å²) in [5, 5.41) is 7.98. The number of hydrogen-bond donors (Lipinski definition) is 0. The first kappa shape index (κ1) is 29.3. The van der Waals surface area contributed by atoms with Crippen LogP contribution in [0.1, 0.15) is 55.3 Å². The van der Waals surface area contributed by atoms with Crippen molar-refractivity contribution in [3.8, 4) is 28.3 Å². The third-order valence-electron chi connectivity index (χ3n) is 8.69. The average molecular weight is 618 g/mol. The molecule has 4 heterocycles. The van der Waals surface area contributed by atoms with Gasteiger partial charge in [0.15, 0.2) is 5.82 Å². The van der Waals surface area contributed by atoms with Gasteiger partial charge in [-0.3, -0.25) is 14.3 Å². The second kappa shape index (κ2) is 11.2. The maximum Gasteiger partial charge on any atom is 0.418 e. The van der Waals surface area contributed by atoms with Crippen LogP contribution in [0.4, 0.5) is 17.6 Å². The number of hydrogen-bond acceptors (Lipinski definition) is 6. The highest BCUT2D eigenvalue weighted by Gasteiger charge is 2.35. The van der Waals surface area contributed by atoms with Crippen molar-refractivity contribution in [3.05, 3.63) is 88.1 Å². The Balaban J connectivity index is 1.38. The Morgan fingerprint density at radius 3 is 2.53 bits per heavy atom. The van der Waals surface area contributed by atoms with Crippen molar-refractivity contribution in [2.75, 3.05) is 13.1 Å². The van der Waals surface area contributed by atoms with E-state index in [0.717, 1.165) is 56.9 Å². The molecule has 0 bridgehead atoms. The number of fused-ring (bicyclic) bond motifs is 1. The number of pyridine rings is 1. The van der Waals surface area contributed by atoms with E-state index in [1.165, 1.54) is 29.1 Å². The van der Waals surface area contributed by atoms with Crippen LogP contribution in [0.5, 0.6) is 0 Å². The standard InChI is InChI=1S/C33H31F4N7O/c1-19-4-3-9-43(15-19)16-20-10-26-30(27(11-20)33(35,36)37)38-17-44(32(26)45)29-13-22(12-28(40-29)21-5-6-21)24-8-7-23(34)14-25(24)31-41-39-18-42(31)2/h7-8,10-14,17-19,21H,3-6,9,15-16H2,1-2H3/t19-/m0/s1. The molecule has 5 aromatic rings. The molecule has 1 saturated heterocycles. The van der Waals surface area contributed by atoms with Gasteiger partial charge in [0.2, 0.25) is 0 Å². The lowest BCUT2D eigenvalue weighted by atomic mass is 9.98. The van der Waals surface area contributed by atoms with E-state index in [2.05, 4.69) is 27.0 Å². The number of aryl methyl sites for hydroxylation is 1. The summed E-state index contributed by atoms with van der Waals surface area (Å²) < 4.78 is 60.2. The third-order valence-corrected chi connectivity index (χ3v) is 8.69. The highest BCUT2D eigenvalue weighted by atomic mass is 19.4. The van der Waals surface area contributed by atoms with Gasteiger partial charge in [-0.25, -0.2) is 14.4 Å². The molecule has 12 heteroatoms. The first-order chi connectivity index (χ1) is 21.5. The number of aromatic nitrogens is 6. The van der Waals surface area contributed by atoms with Gasteiger partial charge in [-0.2, -0.15) is 13.2 Å². The summed E-state index contributed by atoms with van der Waals surface area (Å²) in [7, 11) is 1.76. The van der Waals surface area contributed by atoms with Crippen molar-refractivity contribution in [1.29, 1.82) is 0 Å². The van der Waals surface area contributed by atoms with Gasteiger partial charge in [-0.05, 0) is 91.2 Å². The summed E-state index contributed by atoms with van der Waals surface area (Å²) in [4.78, 5) is 25.1. The minimum atomic E-state index is -4.69. The fourth-order valence-electron chi connectivity index (χ4n) is 6.34. The van der Waals surface area contributed by atoms with Crippen molar-refractivity contribution >= 4 is 10.9 Å². The molecule has 1 aliphatic carbocycles. The van der Waals surface area contributed by atoms with Gasteiger partial charge in [0.25, 0.3) is 5.56 Å². The lowest BCUT2D eigenvalue weighted by Crippen LogP contribution is -2.33. The van der Waals surface area contributed by atoms with E-state index >= 15 is 0 Å². The lowest BCUT2D eigenvalue weighted by Gasteiger charge is -2.31. The molecule has 0 radical (unpaired) electrons. The topological polar surface area (TPSA) is 81.7 Å². The fourth-order valence-corrected chi connectivity index (χ4v) is 6.34. The van der Waals surface area contributed by atoms with Crippen molar-refractivity contribution in [2.45, 2.75) is 51.2 Å². The normalized spacial score (nSPS) is 17.7. The molecular weight excluding hydrogens is 586 g/mol. The molecule has 3 aromatic heterocycles. The summed E-state index contributed by atoms with van der Waals surface area (Å²) in [5.41, 5.74) is 1.02. The van der Waals surface area contributed by atoms with Crippen LogP contribution in [0.2, 0.25) is 0 Å². The number of alkyl halides is 3. The molecule has 0 amide bonds. The molecule has 0 spiro atoms. The molecule has 45 heavy (non-hydrogen) atoms. The molecule has 2 fully saturated rings. The Labute approximate surface area is 256 Å². The Kier molecular flexibility index (Phi) is 7.26. The van der Waals surface area contributed by atoms with Crippen LogP contribution >= 0.6 is 0 Å². The van der Waals surface area contributed by atoms with E-state index in [-0.39, 0.29) is 22.6 Å². The zero-order valence-corrected chi connectivity index (χ0v) is 24.9. The van der Waals surface area contributed by atoms with Crippen molar-refractivity contribution in [3.63, 3.8) is 0 Å². The van der Waals surface area contributed by atoms with Gasteiger partial charge in [-0.1, -0.05) is 13.0 Å². The van der Waals surface area contributed by atoms with E-state index in [0.29, 0.717) is 40.5 Å². The second-order valence-electron chi connectivity index (χ2n) is 12.3. The minimum Gasteiger partial charge on any atom is -0.317 e. The van der Waals surface area contributed by atoms with Crippen LogP contribution in [0.25, 0.3) is 39.2 Å². The van der Waals surface area contributed by atoms with Crippen LogP contribution in [-0.2, 0) is 19.8 Å². The summed E-state index contributed by atoms with van der Waals surface area (Å²) in [6, 6.07) is 10.6. The quantitative estimate of drug-likeness (QED) is 0.202. The Morgan fingerprint density at radius 2 is 1.82 bits per heavy atom. The van der Waals surface area contributed by atoms with Gasteiger partial charge >= 0.3 is 6.18 Å². The minimum absolute atomic E-state index is 0.117.